The average molecular weight is 205 g/mol. The maximum Gasteiger partial charge on any atom is 0.328 e. The number of hydrogen-bond donors (Lipinski definition) is 2. The highest BCUT2D eigenvalue weighted by molar-refractivity contribution is 6.30. The van der Waals surface area contributed by atoms with E-state index in [0.717, 1.165) is 10.8 Å². The predicted molar refractivity (Wildman–Crippen MR) is 44.0 cm³/mol. The Morgan fingerprint density at radius 3 is 2.77 bits per heavy atom. The van der Waals surface area contributed by atoms with Crippen LogP contribution in [0.2, 0.25) is 5.02 Å². The van der Waals surface area contributed by atoms with Crippen molar-refractivity contribution in [3.05, 3.63) is 32.1 Å². The van der Waals surface area contributed by atoms with Gasteiger partial charge in [-0.3, -0.25) is 19.1 Å². The van der Waals surface area contributed by atoms with E-state index in [4.69, 9.17) is 16.7 Å². The molecule has 1 aromatic rings. The van der Waals surface area contributed by atoms with Gasteiger partial charge in [0.1, 0.15) is 11.6 Å². The number of halogens is 1. The highest BCUT2D eigenvalue weighted by Crippen LogP contribution is 1.95. The lowest BCUT2D eigenvalue weighted by atomic mass is 10.6. The molecule has 1 heterocycles. The number of aliphatic carboxylic acids is 1. The molecule has 0 bridgehead atoms. The number of carbonyl (C=O) groups is 1. The molecular weight excluding hydrogens is 200 g/mol. The third-order valence-corrected chi connectivity index (χ3v) is 1.54. The van der Waals surface area contributed by atoms with E-state index in [9.17, 15) is 14.4 Å². The zero-order valence-corrected chi connectivity index (χ0v) is 7.04. The number of nitrogens with zero attached hydrogens (tertiary/aromatic N) is 1. The van der Waals surface area contributed by atoms with Gasteiger partial charge in [0, 0.05) is 6.20 Å². The van der Waals surface area contributed by atoms with Gasteiger partial charge in [-0.1, -0.05) is 11.6 Å². The Morgan fingerprint density at radius 2 is 2.23 bits per heavy atom. The van der Waals surface area contributed by atoms with Crippen LogP contribution in [-0.2, 0) is 11.3 Å². The molecule has 0 aliphatic rings. The summed E-state index contributed by atoms with van der Waals surface area (Å²) in [5, 5.41) is 8.14. The van der Waals surface area contributed by atoms with Gasteiger partial charge in [0.25, 0.3) is 5.56 Å². The van der Waals surface area contributed by atoms with E-state index in [1.807, 2.05) is 4.98 Å². The molecule has 7 heteroatoms. The zero-order valence-electron chi connectivity index (χ0n) is 6.28. The largest absolute Gasteiger partial charge is 0.480 e. The van der Waals surface area contributed by atoms with E-state index in [2.05, 4.69) is 0 Å². The molecule has 1 aromatic heterocycles. The van der Waals surface area contributed by atoms with Gasteiger partial charge in [0.05, 0.1) is 0 Å². The number of aromatic amines is 1. The fraction of sp³-hybridized carbons (Fsp3) is 0.167. The molecule has 0 aromatic carbocycles. The highest BCUT2D eigenvalue weighted by atomic mass is 35.5. The fourth-order valence-electron chi connectivity index (χ4n) is 0.746. The van der Waals surface area contributed by atoms with Crippen molar-refractivity contribution < 1.29 is 9.90 Å². The topological polar surface area (TPSA) is 92.2 Å². The molecule has 0 spiro atoms. The molecule has 6 nitrogen and oxygen atoms in total. The Balaban J connectivity index is 3.24. The molecule has 0 amide bonds. The van der Waals surface area contributed by atoms with Crippen LogP contribution in [0, 0.1) is 0 Å². The lowest BCUT2D eigenvalue weighted by Gasteiger charge is -1.99. The van der Waals surface area contributed by atoms with Crippen molar-refractivity contribution >= 4 is 17.6 Å². The molecule has 2 N–H and O–H groups in total. The number of hydrogen-bond acceptors (Lipinski definition) is 3. The van der Waals surface area contributed by atoms with Crippen molar-refractivity contribution in [3.63, 3.8) is 0 Å². The normalized spacial score (nSPS) is 9.92. The molecule has 0 aliphatic heterocycles. The van der Waals surface area contributed by atoms with Crippen LogP contribution in [0.5, 0.6) is 0 Å². The SMILES string of the molecule is O=C(O)Cn1cc(Cl)c(=O)[nH]c1=O. The number of carboxylic acids is 1. The second kappa shape index (κ2) is 3.44. The molecule has 0 aliphatic carbocycles. The summed E-state index contributed by atoms with van der Waals surface area (Å²) in [4.78, 5) is 33.7. The standard InChI is InChI=1S/C6H5ClN2O4/c7-3-1-9(2-4(10)11)6(13)8-5(3)12/h1H,2H2,(H,10,11)(H,8,12,13). The molecule has 0 unspecified atom stereocenters. The van der Waals surface area contributed by atoms with Crippen LogP contribution in [0.3, 0.4) is 0 Å². The molecule has 1 rings (SSSR count). The van der Waals surface area contributed by atoms with Gasteiger partial charge < -0.3 is 5.11 Å². The van der Waals surface area contributed by atoms with Crippen LogP contribution in [0.15, 0.2) is 15.8 Å². The molecule has 0 saturated carbocycles. The first-order valence-electron chi connectivity index (χ1n) is 3.22. The van der Waals surface area contributed by atoms with Crippen LogP contribution < -0.4 is 11.2 Å². The zero-order chi connectivity index (χ0) is 10.0. The van der Waals surface area contributed by atoms with E-state index < -0.39 is 23.8 Å². The van der Waals surface area contributed by atoms with Crippen LogP contribution in [0.4, 0.5) is 0 Å². The van der Waals surface area contributed by atoms with Gasteiger partial charge in [-0.15, -0.1) is 0 Å². The first-order valence-corrected chi connectivity index (χ1v) is 3.59. The summed E-state index contributed by atoms with van der Waals surface area (Å²) in [5.74, 6) is -1.19. The first kappa shape index (κ1) is 9.53. The molecule has 0 radical (unpaired) electrons. The first-order chi connectivity index (χ1) is 6.00. The Morgan fingerprint density at radius 1 is 1.62 bits per heavy atom. The lowest BCUT2D eigenvalue weighted by Crippen LogP contribution is -2.31. The summed E-state index contributed by atoms with van der Waals surface area (Å²) in [5.41, 5.74) is -1.52. The van der Waals surface area contributed by atoms with Crippen molar-refractivity contribution in [2.75, 3.05) is 0 Å². The van der Waals surface area contributed by atoms with Crippen molar-refractivity contribution in [2.45, 2.75) is 6.54 Å². The van der Waals surface area contributed by atoms with Crippen LogP contribution in [-0.4, -0.2) is 20.6 Å². The summed E-state index contributed by atoms with van der Waals surface area (Å²) >= 11 is 5.37. The maximum atomic E-state index is 10.9. The van der Waals surface area contributed by atoms with Gasteiger partial charge in [0.2, 0.25) is 0 Å². The predicted octanol–water partition coefficient (Wildman–Crippen LogP) is -0.725. The van der Waals surface area contributed by atoms with Gasteiger partial charge in [-0.25, -0.2) is 4.79 Å². The smallest absolute Gasteiger partial charge is 0.328 e. The average Bonchev–Trinajstić information content (AvgIpc) is 1.99. The van der Waals surface area contributed by atoms with E-state index in [1.54, 1.807) is 0 Å². The minimum Gasteiger partial charge on any atom is -0.480 e. The molecule has 13 heavy (non-hydrogen) atoms. The monoisotopic (exact) mass is 204 g/mol. The second-order valence-corrected chi connectivity index (χ2v) is 2.67. The third kappa shape index (κ3) is 2.19. The second-order valence-electron chi connectivity index (χ2n) is 2.26. The summed E-state index contributed by atoms with van der Waals surface area (Å²) in [6, 6.07) is 0. The van der Waals surface area contributed by atoms with Crippen LogP contribution >= 0.6 is 11.6 Å². The molecular formula is C6H5ClN2O4. The van der Waals surface area contributed by atoms with Gasteiger partial charge in [-0.2, -0.15) is 0 Å². The maximum absolute atomic E-state index is 10.9. The number of nitrogens with one attached hydrogen (secondary N) is 1. The van der Waals surface area contributed by atoms with E-state index in [0.29, 0.717) is 0 Å². The Hall–Kier alpha value is -1.56. The number of aromatic nitrogens is 2. The quantitative estimate of drug-likeness (QED) is 0.665. The van der Waals surface area contributed by atoms with Crippen molar-refractivity contribution in [2.24, 2.45) is 0 Å². The van der Waals surface area contributed by atoms with Crippen LogP contribution in [0.25, 0.3) is 0 Å². The highest BCUT2D eigenvalue weighted by Gasteiger charge is 2.04. The van der Waals surface area contributed by atoms with Gasteiger partial charge in [0.15, 0.2) is 0 Å². The van der Waals surface area contributed by atoms with Gasteiger partial charge in [-0.05, 0) is 0 Å². The molecule has 0 atom stereocenters. The van der Waals surface area contributed by atoms with Crippen LogP contribution in [0.1, 0.15) is 0 Å². The third-order valence-electron chi connectivity index (χ3n) is 1.27. The molecule has 0 fully saturated rings. The van der Waals surface area contributed by atoms with Crippen molar-refractivity contribution in [3.8, 4) is 0 Å². The summed E-state index contributed by atoms with van der Waals surface area (Å²) < 4.78 is 0.798. The molecule has 0 saturated heterocycles. The van der Waals surface area contributed by atoms with E-state index in [-0.39, 0.29) is 5.02 Å². The van der Waals surface area contributed by atoms with Gasteiger partial charge >= 0.3 is 11.7 Å². The molecule has 70 valence electrons. The summed E-state index contributed by atoms with van der Waals surface area (Å²) in [6.45, 7) is -0.532. The van der Waals surface area contributed by atoms with Crippen molar-refractivity contribution in [1.29, 1.82) is 0 Å². The lowest BCUT2D eigenvalue weighted by molar-refractivity contribution is -0.137. The fourth-order valence-corrected chi connectivity index (χ4v) is 0.911. The Kier molecular flexibility index (Phi) is 2.52. The van der Waals surface area contributed by atoms with E-state index >= 15 is 0 Å². The summed E-state index contributed by atoms with van der Waals surface area (Å²) in [6.07, 6.45) is 0.983. The Bertz CT molecular complexity index is 447. The number of carboxylic acid groups (broad SMARTS) is 1. The number of H-pyrrole nitrogens is 1. The number of rotatable bonds is 2. The minimum absolute atomic E-state index is 0.221. The Labute approximate surface area is 76.4 Å². The van der Waals surface area contributed by atoms with E-state index in [1.165, 1.54) is 0 Å². The van der Waals surface area contributed by atoms with Crippen molar-refractivity contribution in [1.82, 2.24) is 9.55 Å². The summed E-state index contributed by atoms with van der Waals surface area (Å²) in [7, 11) is 0. The minimum atomic E-state index is -1.19.